The molecule has 0 unspecified atom stereocenters. The predicted octanol–water partition coefficient (Wildman–Crippen LogP) is 4.96. The molecule has 0 aliphatic carbocycles. The Morgan fingerprint density at radius 3 is 2.52 bits per heavy atom. The number of imidazole rings is 1. The Morgan fingerprint density at radius 2 is 2.00 bits per heavy atom. The van der Waals surface area contributed by atoms with E-state index in [0.29, 0.717) is 29.1 Å². The van der Waals surface area contributed by atoms with E-state index in [1.165, 1.54) is 0 Å². The fourth-order valence-electron chi connectivity index (χ4n) is 2.99. The summed E-state index contributed by atoms with van der Waals surface area (Å²) in [6, 6.07) is 5.65. The maximum absolute atomic E-state index is 13.5. The zero-order valence-electron chi connectivity index (χ0n) is 13.7. The van der Waals surface area contributed by atoms with E-state index in [4.69, 9.17) is 5.11 Å². The van der Waals surface area contributed by atoms with Crippen molar-refractivity contribution in [3.05, 3.63) is 45.6 Å². The molecular formula is C17H15F3N2O2S. The van der Waals surface area contributed by atoms with Crippen LogP contribution in [-0.2, 0) is 12.6 Å². The van der Waals surface area contributed by atoms with E-state index in [1.54, 1.807) is 6.92 Å². The third-order valence-corrected chi connectivity index (χ3v) is 5.04. The first-order valence-corrected chi connectivity index (χ1v) is 8.39. The summed E-state index contributed by atoms with van der Waals surface area (Å²) in [5, 5.41) is 9.14. The molecule has 0 atom stereocenters. The lowest BCUT2D eigenvalue weighted by atomic mass is 10.0. The summed E-state index contributed by atoms with van der Waals surface area (Å²) in [5.41, 5.74) is 2.37. The van der Waals surface area contributed by atoms with Crippen molar-refractivity contribution in [3.8, 4) is 11.3 Å². The number of thiazole rings is 1. The number of carbonyl (C=O) groups is 1. The summed E-state index contributed by atoms with van der Waals surface area (Å²) in [7, 11) is 0. The number of fused-ring (bicyclic) bond motifs is 1. The molecular weight excluding hydrogens is 353 g/mol. The molecule has 0 radical (unpaired) electrons. The van der Waals surface area contributed by atoms with Crippen molar-refractivity contribution in [3.63, 3.8) is 0 Å². The largest absolute Gasteiger partial charge is 0.477 e. The topological polar surface area (TPSA) is 54.6 Å². The van der Waals surface area contributed by atoms with Crippen LogP contribution in [0.15, 0.2) is 18.2 Å². The Bertz CT molecular complexity index is 986. The molecule has 0 saturated carbocycles. The first-order chi connectivity index (χ1) is 11.6. The van der Waals surface area contributed by atoms with Crippen molar-refractivity contribution in [2.75, 3.05) is 0 Å². The fourth-order valence-corrected chi connectivity index (χ4v) is 4.00. The summed E-state index contributed by atoms with van der Waals surface area (Å²) in [4.78, 5) is 14.9. The summed E-state index contributed by atoms with van der Waals surface area (Å²) in [6.07, 6.45) is -4.49. The molecule has 1 aromatic carbocycles. The Morgan fingerprint density at radius 1 is 1.32 bits per heavy atom. The molecule has 0 saturated heterocycles. The predicted molar refractivity (Wildman–Crippen MR) is 89.3 cm³/mol. The molecule has 25 heavy (non-hydrogen) atoms. The second-order valence-electron chi connectivity index (χ2n) is 5.78. The van der Waals surface area contributed by atoms with Crippen LogP contribution in [0.25, 0.3) is 16.2 Å². The number of hydrogen-bond acceptors (Lipinski definition) is 3. The van der Waals surface area contributed by atoms with Gasteiger partial charge in [0, 0.05) is 5.56 Å². The SMILES string of the molecule is CCc1c(-c2ccc(C)cc2C)nc2sc(C(=O)O)c(C(F)(F)F)n12. The van der Waals surface area contributed by atoms with Gasteiger partial charge in [0.05, 0.1) is 11.4 Å². The van der Waals surface area contributed by atoms with Gasteiger partial charge in [-0.2, -0.15) is 13.2 Å². The lowest BCUT2D eigenvalue weighted by Gasteiger charge is -2.10. The van der Waals surface area contributed by atoms with E-state index < -0.39 is 22.7 Å². The number of benzene rings is 1. The van der Waals surface area contributed by atoms with Gasteiger partial charge in [0.25, 0.3) is 0 Å². The highest BCUT2D eigenvalue weighted by Gasteiger charge is 2.41. The van der Waals surface area contributed by atoms with E-state index in [0.717, 1.165) is 21.1 Å². The highest BCUT2D eigenvalue weighted by atomic mass is 32.1. The first kappa shape index (κ1) is 17.5. The Labute approximate surface area is 145 Å². The maximum atomic E-state index is 13.5. The third kappa shape index (κ3) is 2.80. The van der Waals surface area contributed by atoms with E-state index >= 15 is 0 Å². The number of carboxylic acid groups (broad SMARTS) is 1. The lowest BCUT2D eigenvalue weighted by Crippen LogP contribution is -2.15. The summed E-state index contributed by atoms with van der Waals surface area (Å²) in [5.74, 6) is -1.60. The Hall–Kier alpha value is -2.35. The number of aryl methyl sites for hydroxylation is 3. The molecule has 0 bridgehead atoms. The first-order valence-electron chi connectivity index (χ1n) is 7.57. The van der Waals surface area contributed by atoms with E-state index in [-0.39, 0.29) is 4.96 Å². The quantitative estimate of drug-likeness (QED) is 0.711. The number of aromatic carboxylic acids is 1. The van der Waals surface area contributed by atoms with Crippen LogP contribution in [0.5, 0.6) is 0 Å². The van der Waals surface area contributed by atoms with Gasteiger partial charge in [-0.15, -0.1) is 0 Å². The molecule has 1 N–H and O–H groups in total. The standard InChI is InChI=1S/C17H15F3N2O2S/c1-4-11-12(10-6-5-8(2)7-9(10)3)21-16-22(11)14(17(18,19)20)13(25-16)15(23)24/h5-7H,4H2,1-3H3,(H,23,24). The van der Waals surface area contributed by atoms with Crippen molar-refractivity contribution in [1.29, 1.82) is 0 Å². The number of hydrogen-bond donors (Lipinski definition) is 1. The van der Waals surface area contributed by atoms with Crippen LogP contribution in [0, 0.1) is 13.8 Å². The van der Waals surface area contributed by atoms with Gasteiger partial charge in [0.15, 0.2) is 10.7 Å². The second kappa shape index (κ2) is 5.87. The molecule has 8 heteroatoms. The third-order valence-electron chi connectivity index (χ3n) is 4.01. The van der Waals surface area contributed by atoms with Crippen molar-refractivity contribution in [2.45, 2.75) is 33.4 Å². The highest BCUT2D eigenvalue weighted by molar-refractivity contribution is 7.19. The molecule has 0 amide bonds. The molecule has 2 aromatic heterocycles. The average molecular weight is 368 g/mol. The Kier molecular flexibility index (Phi) is 4.10. The van der Waals surface area contributed by atoms with E-state index in [9.17, 15) is 18.0 Å². The fraction of sp³-hybridized carbons (Fsp3) is 0.294. The zero-order valence-corrected chi connectivity index (χ0v) is 14.5. The van der Waals surface area contributed by atoms with Crippen molar-refractivity contribution in [1.82, 2.24) is 9.38 Å². The van der Waals surface area contributed by atoms with Crippen LogP contribution >= 0.6 is 11.3 Å². The minimum atomic E-state index is -4.78. The van der Waals surface area contributed by atoms with Gasteiger partial charge in [0.1, 0.15) is 4.88 Å². The van der Waals surface area contributed by atoms with Gasteiger partial charge in [-0.3, -0.25) is 4.40 Å². The van der Waals surface area contributed by atoms with Gasteiger partial charge < -0.3 is 5.11 Å². The summed E-state index contributed by atoms with van der Waals surface area (Å²) < 4.78 is 41.5. The lowest BCUT2D eigenvalue weighted by molar-refractivity contribution is -0.142. The van der Waals surface area contributed by atoms with Crippen LogP contribution < -0.4 is 0 Å². The number of alkyl halides is 3. The van der Waals surface area contributed by atoms with Crippen LogP contribution in [0.3, 0.4) is 0 Å². The molecule has 132 valence electrons. The second-order valence-corrected chi connectivity index (χ2v) is 6.76. The minimum absolute atomic E-state index is 0.0385. The maximum Gasteiger partial charge on any atom is 0.433 e. The van der Waals surface area contributed by atoms with Gasteiger partial charge in [-0.1, -0.05) is 42.0 Å². The number of rotatable bonds is 3. The van der Waals surface area contributed by atoms with Gasteiger partial charge >= 0.3 is 12.1 Å². The monoisotopic (exact) mass is 368 g/mol. The van der Waals surface area contributed by atoms with E-state index in [1.807, 2.05) is 32.0 Å². The molecule has 0 spiro atoms. The smallest absolute Gasteiger partial charge is 0.433 e. The molecule has 2 heterocycles. The van der Waals surface area contributed by atoms with Crippen LogP contribution in [0.2, 0.25) is 0 Å². The summed E-state index contributed by atoms with van der Waals surface area (Å²) >= 11 is 0.545. The van der Waals surface area contributed by atoms with Crippen molar-refractivity contribution in [2.24, 2.45) is 0 Å². The number of carboxylic acids is 1. The molecule has 3 rings (SSSR count). The van der Waals surface area contributed by atoms with Crippen LogP contribution in [-0.4, -0.2) is 20.5 Å². The molecule has 0 fully saturated rings. The molecule has 3 aromatic rings. The van der Waals surface area contributed by atoms with Crippen molar-refractivity contribution < 1.29 is 23.1 Å². The normalized spacial score (nSPS) is 12.1. The minimum Gasteiger partial charge on any atom is -0.477 e. The van der Waals surface area contributed by atoms with Crippen LogP contribution in [0.1, 0.15) is 39.1 Å². The molecule has 0 aliphatic heterocycles. The molecule has 0 aliphatic rings. The number of aromatic nitrogens is 2. The summed E-state index contributed by atoms with van der Waals surface area (Å²) in [6.45, 7) is 5.54. The van der Waals surface area contributed by atoms with Crippen molar-refractivity contribution >= 4 is 22.3 Å². The zero-order chi connectivity index (χ0) is 18.5. The molecule has 4 nitrogen and oxygen atoms in total. The average Bonchev–Trinajstić information content (AvgIpc) is 3.01. The van der Waals surface area contributed by atoms with Gasteiger partial charge in [-0.25, -0.2) is 9.78 Å². The van der Waals surface area contributed by atoms with Crippen LogP contribution in [0.4, 0.5) is 13.2 Å². The van der Waals surface area contributed by atoms with Gasteiger partial charge in [0.2, 0.25) is 0 Å². The van der Waals surface area contributed by atoms with Gasteiger partial charge in [-0.05, 0) is 25.8 Å². The number of nitrogens with zero attached hydrogens (tertiary/aromatic N) is 2. The number of halogens is 3. The Balaban J connectivity index is 2.38. The highest BCUT2D eigenvalue weighted by Crippen LogP contribution is 2.40. The van der Waals surface area contributed by atoms with E-state index in [2.05, 4.69) is 4.98 Å².